The Labute approximate surface area is 115 Å². The lowest BCUT2D eigenvalue weighted by atomic mass is 9.89. The molecule has 0 spiro atoms. The molecule has 2 bridgehead atoms. The van der Waals surface area contributed by atoms with Crippen molar-refractivity contribution in [3.63, 3.8) is 0 Å². The summed E-state index contributed by atoms with van der Waals surface area (Å²) in [4.78, 5) is 22.3. The first kappa shape index (κ1) is 11.6. The molecule has 1 N–H and O–H groups in total. The number of nitrogens with one attached hydrogen (secondary N) is 1. The number of carbonyl (C=O) groups excluding carboxylic acids is 1. The summed E-state index contributed by atoms with van der Waals surface area (Å²) >= 11 is 0. The highest BCUT2D eigenvalue weighted by atomic mass is 16.6. The van der Waals surface area contributed by atoms with E-state index in [-0.39, 0.29) is 18.2 Å². The molecule has 0 aliphatic carbocycles. The molecule has 2 fully saturated rings. The van der Waals surface area contributed by atoms with Crippen molar-refractivity contribution >= 4 is 17.0 Å². The Bertz CT molecular complexity index is 656. The van der Waals surface area contributed by atoms with Crippen molar-refractivity contribution < 1.29 is 9.53 Å². The maximum absolute atomic E-state index is 12.3. The van der Waals surface area contributed by atoms with Gasteiger partial charge in [0.25, 0.3) is 0 Å². The highest BCUT2D eigenvalue weighted by molar-refractivity contribution is 5.85. The van der Waals surface area contributed by atoms with E-state index in [2.05, 4.69) is 15.3 Å². The lowest BCUT2D eigenvalue weighted by molar-refractivity contribution is 0.00435. The third-order valence-corrected chi connectivity index (χ3v) is 3.99. The second kappa shape index (κ2) is 4.42. The zero-order valence-electron chi connectivity index (χ0n) is 10.8. The molecule has 6 heteroatoms. The van der Waals surface area contributed by atoms with Crippen molar-refractivity contribution in [3.8, 4) is 5.88 Å². The second-order valence-corrected chi connectivity index (χ2v) is 5.17. The van der Waals surface area contributed by atoms with Crippen LogP contribution in [-0.2, 0) is 0 Å². The van der Waals surface area contributed by atoms with E-state index in [1.807, 2.05) is 29.2 Å². The van der Waals surface area contributed by atoms with Crippen LogP contribution in [0.5, 0.6) is 5.88 Å². The number of fused-ring (bicyclic) bond motifs is 3. The van der Waals surface area contributed by atoms with Crippen molar-refractivity contribution in [2.45, 2.75) is 18.5 Å². The summed E-state index contributed by atoms with van der Waals surface area (Å²) in [5, 5.41) is 4.04. The third-order valence-electron chi connectivity index (χ3n) is 3.99. The van der Waals surface area contributed by atoms with E-state index in [4.69, 9.17) is 4.74 Å². The van der Waals surface area contributed by atoms with Crippen molar-refractivity contribution in [2.75, 3.05) is 13.1 Å². The molecule has 102 valence electrons. The highest BCUT2D eigenvalue weighted by Gasteiger charge is 2.45. The maximum Gasteiger partial charge on any atom is 0.417 e. The van der Waals surface area contributed by atoms with Crippen molar-refractivity contribution in [1.82, 2.24) is 20.2 Å². The van der Waals surface area contributed by atoms with E-state index >= 15 is 0 Å². The minimum atomic E-state index is -0.309. The standard InChI is InChI=1S/C14H14N4O2/c19-14(18-9-5-10(18)7-15-6-9)20-13-11-3-1-2-4-12(11)16-8-17-13/h1-4,8-10,15H,5-7H2. The smallest absolute Gasteiger partial charge is 0.390 e. The van der Waals surface area contributed by atoms with Gasteiger partial charge in [0, 0.05) is 25.2 Å². The van der Waals surface area contributed by atoms with Gasteiger partial charge >= 0.3 is 6.09 Å². The third kappa shape index (κ3) is 1.72. The molecule has 2 aliphatic heterocycles. The highest BCUT2D eigenvalue weighted by Crippen LogP contribution is 2.30. The van der Waals surface area contributed by atoms with Crippen LogP contribution in [0.25, 0.3) is 10.9 Å². The van der Waals surface area contributed by atoms with Crippen molar-refractivity contribution in [1.29, 1.82) is 0 Å². The van der Waals surface area contributed by atoms with E-state index in [9.17, 15) is 4.79 Å². The van der Waals surface area contributed by atoms with Gasteiger partial charge in [-0.25, -0.2) is 14.8 Å². The van der Waals surface area contributed by atoms with Crippen LogP contribution >= 0.6 is 0 Å². The first-order chi connectivity index (χ1) is 9.83. The van der Waals surface area contributed by atoms with Gasteiger partial charge in [-0.2, -0.15) is 0 Å². The van der Waals surface area contributed by atoms with Crippen LogP contribution in [0.3, 0.4) is 0 Å². The van der Waals surface area contributed by atoms with Gasteiger partial charge in [-0.1, -0.05) is 12.1 Å². The van der Waals surface area contributed by atoms with Gasteiger partial charge in [-0.3, -0.25) is 4.90 Å². The molecule has 3 heterocycles. The molecule has 2 unspecified atom stereocenters. The largest absolute Gasteiger partial charge is 0.417 e. The quantitative estimate of drug-likeness (QED) is 0.842. The zero-order chi connectivity index (χ0) is 13.5. The summed E-state index contributed by atoms with van der Waals surface area (Å²) in [6.07, 6.45) is 2.17. The number of hydrogen-bond acceptors (Lipinski definition) is 5. The topological polar surface area (TPSA) is 67.3 Å². The van der Waals surface area contributed by atoms with Crippen LogP contribution in [0.2, 0.25) is 0 Å². The summed E-state index contributed by atoms with van der Waals surface area (Å²) in [6, 6.07) is 8.02. The number of hydrogen-bond donors (Lipinski definition) is 1. The summed E-state index contributed by atoms with van der Waals surface area (Å²) in [7, 11) is 0. The lowest BCUT2D eigenvalue weighted by Crippen LogP contribution is -2.69. The molecular weight excluding hydrogens is 256 g/mol. The average molecular weight is 270 g/mol. The van der Waals surface area contributed by atoms with Gasteiger partial charge in [0.2, 0.25) is 5.88 Å². The van der Waals surface area contributed by atoms with Crippen LogP contribution in [0.1, 0.15) is 6.42 Å². The van der Waals surface area contributed by atoms with Gasteiger partial charge in [0.15, 0.2) is 0 Å². The van der Waals surface area contributed by atoms with Crippen LogP contribution in [0.4, 0.5) is 4.79 Å². The van der Waals surface area contributed by atoms with Gasteiger partial charge in [0.05, 0.1) is 10.9 Å². The molecule has 20 heavy (non-hydrogen) atoms. The fourth-order valence-corrected chi connectivity index (χ4v) is 2.98. The number of piperazine rings is 1. The molecule has 6 nitrogen and oxygen atoms in total. The number of amides is 1. The van der Waals surface area contributed by atoms with Crippen molar-refractivity contribution in [2.24, 2.45) is 0 Å². The Morgan fingerprint density at radius 3 is 2.85 bits per heavy atom. The molecule has 2 saturated heterocycles. The minimum absolute atomic E-state index is 0.259. The fraction of sp³-hybridized carbons (Fsp3) is 0.357. The molecule has 1 amide bonds. The molecular formula is C14H14N4O2. The number of benzene rings is 1. The maximum atomic E-state index is 12.3. The molecule has 1 aromatic carbocycles. The Kier molecular flexibility index (Phi) is 2.56. The monoisotopic (exact) mass is 270 g/mol. The number of aromatic nitrogens is 2. The first-order valence-electron chi connectivity index (χ1n) is 6.73. The summed E-state index contributed by atoms with van der Waals surface area (Å²) < 4.78 is 5.48. The lowest BCUT2D eigenvalue weighted by Gasteiger charge is -2.51. The van der Waals surface area contributed by atoms with Gasteiger partial charge in [0.1, 0.15) is 6.33 Å². The predicted octanol–water partition coefficient (Wildman–Crippen LogP) is 1.17. The number of piperidine rings is 1. The zero-order valence-corrected chi connectivity index (χ0v) is 10.8. The fourth-order valence-electron chi connectivity index (χ4n) is 2.98. The van der Waals surface area contributed by atoms with Crippen molar-refractivity contribution in [3.05, 3.63) is 30.6 Å². The Balaban J connectivity index is 1.60. The number of rotatable bonds is 1. The van der Waals surface area contributed by atoms with Crippen LogP contribution in [0.15, 0.2) is 30.6 Å². The van der Waals surface area contributed by atoms with E-state index in [1.165, 1.54) is 6.33 Å². The van der Waals surface area contributed by atoms with Gasteiger partial charge < -0.3 is 10.1 Å². The summed E-state index contributed by atoms with van der Waals surface area (Å²) in [6.45, 7) is 1.69. The second-order valence-electron chi connectivity index (χ2n) is 5.17. The Morgan fingerprint density at radius 2 is 2.05 bits per heavy atom. The molecule has 2 aliphatic rings. The van der Waals surface area contributed by atoms with Gasteiger partial charge in [-0.15, -0.1) is 0 Å². The molecule has 4 rings (SSSR count). The van der Waals surface area contributed by atoms with E-state index in [0.717, 1.165) is 30.4 Å². The molecule has 2 atom stereocenters. The van der Waals surface area contributed by atoms with E-state index < -0.39 is 0 Å². The first-order valence-corrected chi connectivity index (χ1v) is 6.73. The molecule has 0 radical (unpaired) electrons. The number of ether oxygens (including phenoxy) is 1. The molecule has 1 aromatic heterocycles. The molecule has 0 saturated carbocycles. The number of para-hydroxylation sites is 1. The minimum Gasteiger partial charge on any atom is -0.390 e. The predicted molar refractivity (Wildman–Crippen MR) is 72.5 cm³/mol. The van der Waals surface area contributed by atoms with Crippen LogP contribution < -0.4 is 10.1 Å². The SMILES string of the molecule is O=C(Oc1ncnc2ccccc12)N1C2CNCC1C2. The van der Waals surface area contributed by atoms with E-state index in [1.54, 1.807) is 0 Å². The number of carbonyl (C=O) groups is 1. The van der Waals surface area contributed by atoms with Crippen LogP contribution in [-0.4, -0.2) is 46.1 Å². The summed E-state index contributed by atoms with van der Waals surface area (Å²) in [5.74, 6) is 0.332. The Morgan fingerprint density at radius 1 is 1.25 bits per heavy atom. The summed E-state index contributed by atoms with van der Waals surface area (Å²) in [5.41, 5.74) is 0.774. The molecule has 2 aromatic rings. The number of nitrogens with zero attached hydrogens (tertiary/aromatic N) is 3. The van der Waals surface area contributed by atoms with E-state index in [0.29, 0.717) is 5.88 Å². The average Bonchev–Trinajstić information content (AvgIpc) is 2.48. The normalized spacial score (nSPS) is 24.3. The van der Waals surface area contributed by atoms with Crippen LogP contribution in [0, 0.1) is 0 Å². The van der Waals surface area contributed by atoms with Gasteiger partial charge in [-0.05, 0) is 18.6 Å². The Hall–Kier alpha value is -2.21.